The minimum atomic E-state index is -1.16. The fourth-order valence-electron chi connectivity index (χ4n) is 1.69. The summed E-state index contributed by atoms with van der Waals surface area (Å²) in [6.07, 6.45) is 5.02. The molecule has 0 aliphatic rings. The van der Waals surface area contributed by atoms with Gasteiger partial charge in [0.25, 0.3) is 0 Å². The first-order valence-corrected chi connectivity index (χ1v) is 8.94. The van der Waals surface area contributed by atoms with Gasteiger partial charge in [-0.25, -0.2) is 9.97 Å². The Hall–Kier alpha value is -2.14. The molecule has 0 saturated carbocycles. The van der Waals surface area contributed by atoms with Crippen molar-refractivity contribution in [1.82, 2.24) is 9.97 Å². The first-order valence-electron chi connectivity index (χ1n) is 6.16. The van der Waals surface area contributed by atoms with Crippen molar-refractivity contribution in [1.29, 1.82) is 0 Å². The number of rotatable bonds is 4. The van der Waals surface area contributed by atoms with Crippen LogP contribution in [0.2, 0.25) is 13.1 Å². The van der Waals surface area contributed by atoms with Gasteiger partial charge in [-0.05, 0) is 37.4 Å². The van der Waals surface area contributed by atoms with Gasteiger partial charge in [-0.3, -0.25) is 0 Å². The van der Waals surface area contributed by atoms with E-state index in [1.165, 1.54) is 6.33 Å². The second-order valence-electron chi connectivity index (χ2n) is 4.40. The molecular formula is C14H17N3OSi. The average molecular weight is 271 g/mol. The number of aromatic nitrogens is 2. The molecule has 98 valence electrons. The van der Waals surface area contributed by atoms with Crippen LogP contribution in [0.5, 0.6) is 5.75 Å². The van der Waals surface area contributed by atoms with Gasteiger partial charge >= 0.3 is 0 Å². The summed E-state index contributed by atoms with van der Waals surface area (Å²) in [4.78, 5) is 8.02. The van der Waals surface area contributed by atoms with Crippen molar-refractivity contribution >= 4 is 20.8 Å². The number of nitrogens with two attached hydrogens (primary N) is 1. The third-order valence-corrected chi connectivity index (χ3v) is 3.19. The SMILES string of the molecule is C[SiH](C)Oc1ccccc1/C(N)=C/c1ccncn1. The Balaban J connectivity index is 2.33. The van der Waals surface area contributed by atoms with E-state index >= 15 is 0 Å². The summed E-state index contributed by atoms with van der Waals surface area (Å²) in [7, 11) is -1.16. The second-order valence-corrected chi connectivity index (χ2v) is 6.73. The summed E-state index contributed by atoms with van der Waals surface area (Å²) in [5, 5.41) is 0. The van der Waals surface area contributed by atoms with Gasteiger partial charge < -0.3 is 10.2 Å². The monoisotopic (exact) mass is 271 g/mol. The largest absolute Gasteiger partial charge is 0.547 e. The van der Waals surface area contributed by atoms with Crippen molar-refractivity contribution in [2.45, 2.75) is 13.1 Å². The van der Waals surface area contributed by atoms with Crippen LogP contribution in [-0.4, -0.2) is 19.0 Å². The molecule has 2 rings (SSSR count). The fraction of sp³-hybridized carbons (Fsp3) is 0.143. The number of nitrogens with zero attached hydrogens (tertiary/aromatic N) is 2. The van der Waals surface area contributed by atoms with Crippen LogP contribution in [-0.2, 0) is 0 Å². The molecular weight excluding hydrogens is 254 g/mol. The molecule has 1 heterocycles. The molecule has 0 atom stereocenters. The third kappa shape index (κ3) is 3.66. The highest BCUT2D eigenvalue weighted by Crippen LogP contribution is 2.24. The maximum Gasteiger partial charge on any atom is 0.229 e. The fourth-order valence-corrected chi connectivity index (χ4v) is 2.40. The van der Waals surface area contributed by atoms with Crippen LogP contribution < -0.4 is 10.2 Å². The van der Waals surface area contributed by atoms with Crippen LogP contribution in [0.15, 0.2) is 42.9 Å². The van der Waals surface area contributed by atoms with E-state index in [0.717, 1.165) is 17.0 Å². The average Bonchev–Trinajstić information content (AvgIpc) is 2.39. The van der Waals surface area contributed by atoms with Crippen molar-refractivity contribution in [2.75, 3.05) is 0 Å². The molecule has 1 aromatic carbocycles. The van der Waals surface area contributed by atoms with Gasteiger partial charge in [0.05, 0.1) is 5.69 Å². The molecule has 0 aliphatic heterocycles. The van der Waals surface area contributed by atoms with E-state index in [9.17, 15) is 0 Å². The molecule has 0 amide bonds. The zero-order valence-corrected chi connectivity index (χ0v) is 12.2. The first kappa shape index (κ1) is 13.3. The Labute approximate surface area is 114 Å². The second kappa shape index (κ2) is 6.15. The van der Waals surface area contributed by atoms with Crippen LogP contribution in [0.25, 0.3) is 11.8 Å². The number of para-hydroxylation sites is 1. The van der Waals surface area contributed by atoms with Crippen LogP contribution in [0.1, 0.15) is 11.3 Å². The molecule has 0 spiro atoms. The Morgan fingerprint density at radius 3 is 2.74 bits per heavy atom. The van der Waals surface area contributed by atoms with E-state index in [4.69, 9.17) is 10.2 Å². The normalized spacial score (nSPS) is 11.6. The maximum atomic E-state index is 6.14. The van der Waals surface area contributed by atoms with Crippen LogP contribution in [0.3, 0.4) is 0 Å². The van der Waals surface area contributed by atoms with Crippen molar-refractivity contribution in [3.63, 3.8) is 0 Å². The quantitative estimate of drug-likeness (QED) is 0.867. The van der Waals surface area contributed by atoms with Crippen LogP contribution >= 0.6 is 0 Å². The summed E-state index contributed by atoms with van der Waals surface area (Å²) in [6, 6.07) is 9.62. The van der Waals surface area contributed by atoms with E-state index in [1.54, 1.807) is 6.20 Å². The van der Waals surface area contributed by atoms with E-state index < -0.39 is 9.04 Å². The summed E-state index contributed by atoms with van der Waals surface area (Å²) in [5.74, 6) is 0.840. The number of benzene rings is 1. The van der Waals surface area contributed by atoms with Gasteiger partial charge in [-0.2, -0.15) is 0 Å². The summed E-state index contributed by atoms with van der Waals surface area (Å²) < 4.78 is 5.89. The lowest BCUT2D eigenvalue weighted by Crippen LogP contribution is -2.13. The number of hydrogen-bond acceptors (Lipinski definition) is 4. The molecule has 0 radical (unpaired) electrons. The summed E-state index contributed by atoms with van der Waals surface area (Å²) >= 11 is 0. The van der Waals surface area contributed by atoms with E-state index in [1.807, 2.05) is 36.4 Å². The van der Waals surface area contributed by atoms with E-state index in [2.05, 4.69) is 23.1 Å². The lowest BCUT2D eigenvalue weighted by molar-refractivity contribution is 0.578. The predicted octanol–water partition coefficient (Wildman–Crippen LogP) is 2.30. The van der Waals surface area contributed by atoms with E-state index in [0.29, 0.717) is 5.70 Å². The Bertz CT molecular complexity index is 570. The highest BCUT2D eigenvalue weighted by molar-refractivity contribution is 6.49. The summed E-state index contributed by atoms with van der Waals surface area (Å²) in [5.41, 5.74) is 8.47. The highest BCUT2D eigenvalue weighted by Gasteiger charge is 2.07. The summed E-state index contributed by atoms with van der Waals surface area (Å²) in [6.45, 7) is 4.25. The third-order valence-electron chi connectivity index (χ3n) is 2.47. The van der Waals surface area contributed by atoms with E-state index in [-0.39, 0.29) is 0 Å². The molecule has 2 N–H and O–H groups in total. The Kier molecular flexibility index (Phi) is 4.30. The van der Waals surface area contributed by atoms with Gasteiger partial charge in [0, 0.05) is 17.5 Å². The minimum Gasteiger partial charge on any atom is -0.547 e. The van der Waals surface area contributed by atoms with Gasteiger partial charge in [0.1, 0.15) is 12.1 Å². The highest BCUT2D eigenvalue weighted by atomic mass is 28.3. The molecule has 5 heteroatoms. The lowest BCUT2D eigenvalue weighted by atomic mass is 10.1. The Morgan fingerprint density at radius 2 is 2.05 bits per heavy atom. The molecule has 2 aromatic rings. The Morgan fingerprint density at radius 1 is 1.26 bits per heavy atom. The molecule has 19 heavy (non-hydrogen) atoms. The smallest absolute Gasteiger partial charge is 0.229 e. The van der Waals surface area contributed by atoms with Crippen molar-refractivity contribution in [3.05, 3.63) is 54.1 Å². The van der Waals surface area contributed by atoms with Crippen LogP contribution in [0, 0.1) is 0 Å². The van der Waals surface area contributed by atoms with Gasteiger partial charge in [-0.1, -0.05) is 12.1 Å². The zero-order chi connectivity index (χ0) is 13.7. The molecule has 4 nitrogen and oxygen atoms in total. The molecule has 0 bridgehead atoms. The molecule has 1 aromatic heterocycles. The van der Waals surface area contributed by atoms with Crippen LogP contribution in [0.4, 0.5) is 0 Å². The topological polar surface area (TPSA) is 61.0 Å². The molecule has 0 unspecified atom stereocenters. The van der Waals surface area contributed by atoms with Crippen molar-refractivity contribution < 1.29 is 4.43 Å². The first-order chi connectivity index (χ1) is 9.16. The maximum absolute atomic E-state index is 6.14. The van der Waals surface area contributed by atoms with Crippen molar-refractivity contribution in [3.8, 4) is 5.75 Å². The number of hydrogen-bond donors (Lipinski definition) is 1. The van der Waals surface area contributed by atoms with Gasteiger partial charge in [-0.15, -0.1) is 0 Å². The minimum absolute atomic E-state index is 0.643. The molecule has 0 aliphatic carbocycles. The molecule has 0 saturated heterocycles. The lowest BCUT2D eigenvalue weighted by Gasteiger charge is -2.14. The van der Waals surface area contributed by atoms with Gasteiger partial charge in [0.2, 0.25) is 9.04 Å². The zero-order valence-electron chi connectivity index (χ0n) is 11.1. The van der Waals surface area contributed by atoms with Gasteiger partial charge in [0.15, 0.2) is 0 Å². The predicted molar refractivity (Wildman–Crippen MR) is 80.0 cm³/mol. The molecule has 0 fully saturated rings. The standard InChI is InChI=1S/C14H17N3OSi/c1-19(2)18-14-6-4-3-5-12(14)13(15)9-11-7-8-16-10-17-11/h3-10,19H,15H2,1-2H3/b13-9-. The van der Waals surface area contributed by atoms with Crippen molar-refractivity contribution in [2.24, 2.45) is 5.73 Å².